The van der Waals surface area contributed by atoms with Gasteiger partial charge in [0.2, 0.25) is 0 Å². The van der Waals surface area contributed by atoms with Crippen LogP contribution in [0.3, 0.4) is 0 Å². The number of amides is 1. The second-order valence-corrected chi connectivity index (χ2v) is 7.40. The number of esters is 1. The first-order valence-corrected chi connectivity index (χ1v) is 9.64. The Kier molecular flexibility index (Phi) is 6.09. The lowest BCUT2D eigenvalue weighted by molar-refractivity contribution is -0.119. The average Bonchev–Trinajstić information content (AvgIpc) is 2.99. The lowest BCUT2D eigenvalue weighted by Gasteiger charge is -2.11. The monoisotopic (exact) mass is 410 g/mol. The topological polar surface area (TPSA) is 60.3 Å². The molecule has 0 spiro atoms. The van der Waals surface area contributed by atoms with E-state index < -0.39 is 11.9 Å². The maximum atomic E-state index is 12.6. The Labute approximate surface area is 175 Å². The van der Waals surface area contributed by atoms with Crippen molar-refractivity contribution in [2.45, 2.75) is 27.7 Å². The van der Waals surface area contributed by atoms with Crippen LogP contribution in [0.25, 0.3) is 5.69 Å². The molecule has 0 saturated heterocycles. The quantitative estimate of drug-likeness (QED) is 0.591. The van der Waals surface area contributed by atoms with Crippen LogP contribution >= 0.6 is 11.6 Å². The van der Waals surface area contributed by atoms with E-state index in [4.69, 9.17) is 16.3 Å². The number of hydrogen-bond donors (Lipinski definition) is 1. The highest BCUT2D eigenvalue weighted by atomic mass is 35.5. The lowest BCUT2D eigenvalue weighted by atomic mass is 10.2. The molecule has 0 aliphatic carbocycles. The Hall–Kier alpha value is -3.05. The molecule has 0 saturated carbocycles. The molecule has 1 aromatic heterocycles. The molecule has 2 aromatic carbocycles. The van der Waals surface area contributed by atoms with E-state index in [1.165, 1.54) is 0 Å². The fourth-order valence-corrected chi connectivity index (χ4v) is 3.37. The normalized spacial score (nSPS) is 10.7. The number of nitrogens with zero attached hydrogens (tertiary/aromatic N) is 1. The van der Waals surface area contributed by atoms with Gasteiger partial charge >= 0.3 is 5.97 Å². The zero-order valence-corrected chi connectivity index (χ0v) is 17.6. The number of halogens is 1. The van der Waals surface area contributed by atoms with Crippen LogP contribution in [0.2, 0.25) is 5.02 Å². The van der Waals surface area contributed by atoms with Gasteiger partial charge in [-0.1, -0.05) is 35.4 Å². The highest BCUT2D eigenvalue weighted by Gasteiger charge is 2.19. The van der Waals surface area contributed by atoms with Gasteiger partial charge in [-0.05, 0) is 63.6 Å². The van der Waals surface area contributed by atoms with Crippen LogP contribution in [0.5, 0.6) is 0 Å². The molecule has 6 heteroatoms. The third-order valence-electron chi connectivity index (χ3n) is 4.82. The zero-order chi connectivity index (χ0) is 21.1. The summed E-state index contributed by atoms with van der Waals surface area (Å²) in [5.74, 6) is -0.953. The van der Waals surface area contributed by atoms with Crippen LogP contribution in [-0.4, -0.2) is 23.1 Å². The Morgan fingerprint density at radius 2 is 1.72 bits per heavy atom. The first kappa shape index (κ1) is 20.7. The summed E-state index contributed by atoms with van der Waals surface area (Å²) < 4.78 is 7.23. The summed E-state index contributed by atoms with van der Waals surface area (Å²) in [6.45, 7) is 7.25. The average molecular weight is 411 g/mol. The van der Waals surface area contributed by atoms with E-state index in [1.807, 2.05) is 56.5 Å². The minimum Gasteiger partial charge on any atom is -0.452 e. The van der Waals surface area contributed by atoms with E-state index in [0.717, 1.165) is 28.2 Å². The largest absolute Gasteiger partial charge is 0.452 e. The van der Waals surface area contributed by atoms with E-state index in [0.29, 0.717) is 16.3 Å². The molecule has 0 fully saturated rings. The number of carbonyl (C=O) groups excluding carboxylic acids is 2. The van der Waals surface area contributed by atoms with Gasteiger partial charge in [-0.2, -0.15) is 0 Å². The standard InChI is InChI=1S/C23H23ClN2O3/c1-14-8-10-18(11-9-14)26-15(2)12-19(17(26)4)23(28)29-13-22(27)25-21-7-5-6-20(24)16(21)3/h5-12H,13H2,1-4H3,(H,25,27). The van der Waals surface area contributed by atoms with Crippen LogP contribution in [0.4, 0.5) is 5.69 Å². The van der Waals surface area contributed by atoms with Crippen molar-refractivity contribution in [2.24, 2.45) is 0 Å². The lowest BCUT2D eigenvalue weighted by Crippen LogP contribution is -2.21. The maximum absolute atomic E-state index is 12.6. The van der Waals surface area contributed by atoms with E-state index >= 15 is 0 Å². The van der Waals surface area contributed by atoms with Gasteiger partial charge in [-0.15, -0.1) is 0 Å². The fourth-order valence-electron chi connectivity index (χ4n) is 3.20. The Balaban J connectivity index is 1.70. The molecule has 1 heterocycles. The predicted molar refractivity (Wildman–Crippen MR) is 115 cm³/mol. The van der Waals surface area contributed by atoms with E-state index in [1.54, 1.807) is 24.3 Å². The van der Waals surface area contributed by atoms with Crippen molar-refractivity contribution >= 4 is 29.2 Å². The van der Waals surface area contributed by atoms with E-state index in [2.05, 4.69) is 5.32 Å². The van der Waals surface area contributed by atoms with Crippen molar-refractivity contribution in [1.29, 1.82) is 0 Å². The fraction of sp³-hybridized carbons (Fsp3) is 0.217. The second-order valence-electron chi connectivity index (χ2n) is 6.99. The van der Waals surface area contributed by atoms with Crippen LogP contribution < -0.4 is 5.32 Å². The molecule has 3 rings (SSSR count). The molecule has 150 valence electrons. The number of aromatic nitrogens is 1. The molecule has 1 amide bonds. The summed E-state index contributed by atoms with van der Waals surface area (Å²) in [5, 5.41) is 3.27. The number of hydrogen-bond acceptors (Lipinski definition) is 3. The number of aryl methyl sites for hydroxylation is 2. The van der Waals surface area contributed by atoms with Gasteiger partial charge < -0.3 is 14.6 Å². The minimum atomic E-state index is -0.533. The van der Waals surface area contributed by atoms with Crippen LogP contribution in [0.1, 0.15) is 32.9 Å². The minimum absolute atomic E-state index is 0.376. The molecular weight excluding hydrogens is 388 g/mol. The summed E-state index contributed by atoms with van der Waals surface area (Å²) in [6.07, 6.45) is 0. The van der Waals surface area contributed by atoms with Gasteiger partial charge in [0.25, 0.3) is 5.91 Å². The molecule has 0 atom stereocenters. The maximum Gasteiger partial charge on any atom is 0.340 e. The summed E-state index contributed by atoms with van der Waals surface area (Å²) in [7, 11) is 0. The summed E-state index contributed by atoms with van der Waals surface area (Å²) in [5.41, 5.74) is 5.61. The Bertz CT molecular complexity index is 1070. The molecular formula is C23H23ClN2O3. The van der Waals surface area contributed by atoms with Crippen molar-refractivity contribution in [3.05, 3.63) is 81.6 Å². The van der Waals surface area contributed by atoms with Gasteiger partial charge in [0.05, 0.1) is 5.56 Å². The number of nitrogens with one attached hydrogen (secondary N) is 1. The molecule has 0 aliphatic rings. The van der Waals surface area contributed by atoms with Crippen LogP contribution in [0, 0.1) is 27.7 Å². The van der Waals surface area contributed by atoms with Crippen molar-refractivity contribution in [3.63, 3.8) is 0 Å². The van der Waals surface area contributed by atoms with Crippen LogP contribution in [0.15, 0.2) is 48.5 Å². The molecule has 1 N–H and O–H groups in total. The molecule has 5 nitrogen and oxygen atoms in total. The first-order valence-electron chi connectivity index (χ1n) is 9.26. The highest BCUT2D eigenvalue weighted by Crippen LogP contribution is 2.23. The highest BCUT2D eigenvalue weighted by molar-refractivity contribution is 6.31. The summed E-state index contributed by atoms with van der Waals surface area (Å²) in [6, 6.07) is 15.1. The number of rotatable bonds is 5. The number of anilines is 1. The van der Waals surface area contributed by atoms with Crippen LogP contribution in [-0.2, 0) is 9.53 Å². The third-order valence-corrected chi connectivity index (χ3v) is 5.23. The van der Waals surface area contributed by atoms with Gasteiger partial charge in [0.1, 0.15) is 0 Å². The summed E-state index contributed by atoms with van der Waals surface area (Å²) in [4.78, 5) is 24.7. The van der Waals surface area contributed by atoms with Crippen molar-refractivity contribution in [3.8, 4) is 5.69 Å². The smallest absolute Gasteiger partial charge is 0.340 e. The van der Waals surface area contributed by atoms with Crippen molar-refractivity contribution in [1.82, 2.24) is 4.57 Å². The molecule has 0 unspecified atom stereocenters. The Morgan fingerprint density at radius 1 is 1.03 bits per heavy atom. The first-order chi connectivity index (χ1) is 13.8. The van der Waals surface area contributed by atoms with E-state index in [9.17, 15) is 9.59 Å². The molecule has 0 radical (unpaired) electrons. The van der Waals surface area contributed by atoms with Crippen molar-refractivity contribution in [2.75, 3.05) is 11.9 Å². The number of carbonyl (C=O) groups is 2. The zero-order valence-electron chi connectivity index (χ0n) is 16.9. The van der Waals surface area contributed by atoms with Gasteiger partial charge in [0, 0.05) is 27.8 Å². The summed E-state index contributed by atoms with van der Waals surface area (Å²) >= 11 is 6.06. The SMILES string of the molecule is Cc1ccc(-n2c(C)cc(C(=O)OCC(=O)Nc3cccc(Cl)c3C)c2C)cc1. The Morgan fingerprint density at radius 3 is 2.41 bits per heavy atom. The predicted octanol–water partition coefficient (Wildman–Crippen LogP) is 5.16. The van der Waals surface area contributed by atoms with Gasteiger partial charge in [-0.25, -0.2) is 4.79 Å². The van der Waals surface area contributed by atoms with E-state index in [-0.39, 0.29) is 6.61 Å². The van der Waals surface area contributed by atoms with Gasteiger partial charge in [-0.3, -0.25) is 4.79 Å². The van der Waals surface area contributed by atoms with Gasteiger partial charge in [0.15, 0.2) is 6.61 Å². The number of ether oxygens (including phenoxy) is 1. The van der Waals surface area contributed by atoms with Crippen molar-refractivity contribution < 1.29 is 14.3 Å². The molecule has 3 aromatic rings. The molecule has 0 bridgehead atoms. The molecule has 0 aliphatic heterocycles. The molecule has 29 heavy (non-hydrogen) atoms. The third kappa shape index (κ3) is 4.51. The number of benzene rings is 2. The second kappa shape index (κ2) is 8.53.